The summed E-state index contributed by atoms with van der Waals surface area (Å²) in [6.45, 7) is 2.06. The molecule has 0 aromatic heterocycles. The van der Waals surface area contributed by atoms with Gasteiger partial charge in [0.25, 0.3) is 0 Å². The molecule has 3 aliphatic rings. The predicted molar refractivity (Wildman–Crippen MR) is 98.7 cm³/mol. The highest BCUT2D eigenvalue weighted by atomic mass is 32.2. The Kier molecular flexibility index (Phi) is 4.40. The van der Waals surface area contributed by atoms with E-state index in [-0.39, 0.29) is 22.7 Å². The van der Waals surface area contributed by atoms with Gasteiger partial charge in [-0.2, -0.15) is 0 Å². The van der Waals surface area contributed by atoms with Crippen molar-refractivity contribution in [1.29, 1.82) is 0 Å². The fourth-order valence-electron chi connectivity index (χ4n) is 4.09. The number of thioether (sulfide) groups is 1. The third kappa shape index (κ3) is 3.24. The Morgan fingerprint density at radius 1 is 1.36 bits per heavy atom. The Labute approximate surface area is 152 Å². The molecule has 2 amide bonds. The van der Waals surface area contributed by atoms with Crippen molar-refractivity contribution in [3.63, 3.8) is 0 Å². The Morgan fingerprint density at radius 3 is 2.96 bits per heavy atom. The van der Waals surface area contributed by atoms with Gasteiger partial charge < -0.3 is 15.0 Å². The van der Waals surface area contributed by atoms with E-state index in [0.29, 0.717) is 18.3 Å². The van der Waals surface area contributed by atoms with Gasteiger partial charge in [0.05, 0.1) is 11.0 Å². The lowest BCUT2D eigenvalue weighted by Gasteiger charge is -2.29. The van der Waals surface area contributed by atoms with E-state index in [4.69, 9.17) is 4.74 Å². The number of amides is 2. The third-order valence-corrected chi connectivity index (χ3v) is 6.96. The Morgan fingerprint density at radius 2 is 2.16 bits per heavy atom. The minimum Gasteiger partial charge on any atom is -0.490 e. The van der Waals surface area contributed by atoms with E-state index in [1.165, 1.54) is 12.8 Å². The van der Waals surface area contributed by atoms with Gasteiger partial charge in [-0.25, -0.2) is 0 Å². The molecule has 2 heterocycles. The van der Waals surface area contributed by atoms with E-state index in [0.717, 1.165) is 30.7 Å². The number of anilines is 1. The molecule has 5 nitrogen and oxygen atoms in total. The van der Waals surface area contributed by atoms with Crippen molar-refractivity contribution in [3.8, 4) is 5.75 Å². The third-order valence-electron chi connectivity index (χ3n) is 5.45. The molecule has 6 heteroatoms. The number of hydrogen-bond acceptors (Lipinski definition) is 4. The number of ether oxygens (including phenoxy) is 1. The number of benzene rings is 1. The van der Waals surface area contributed by atoms with Gasteiger partial charge in [0.1, 0.15) is 11.8 Å². The van der Waals surface area contributed by atoms with Crippen LogP contribution in [0.4, 0.5) is 5.69 Å². The van der Waals surface area contributed by atoms with Crippen LogP contribution in [0.25, 0.3) is 0 Å². The summed E-state index contributed by atoms with van der Waals surface area (Å²) in [7, 11) is 0. The van der Waals surface area contributed by atoms with E-state index in [1.54, 1.807) is 16.7 Å². The first-order valence-electron chi connectivity index (χ1n) is 9.09. The highest BCUT2D eigenvalue weighted by Gasteiger charge is 2.52. The van der Waals surface area contributed by atoms with Crippen LogP contribution in [0.2, 0.25) is 0 Å². The van der Waals surface area contributed by atoms with Crippen molar-refractivity contribution < 1.29 is 14.3 Å². The topological polar surface area (TPSA) is 58.6 Å². The Hall–Kier alpha value is -1.69. The summed E-state index contributed by atoms with van der Waals surface area (Å²) >= 11 is 1.71. The highest BCUT2D eigenvalue weighted by Crippen LogP contribution is 2.47. The molecule has 0 spiro atoms. The molecule has 1 N–H and O–H groups in total. The lowest BCUT2D eigenvalue weighted by molar-refractivity contribution is -0.135. The maximum absolute atomic E-state index is 12.7. The van der Waals surface area contributed by atoms with E-state index >= 15 is 0 Å². The summed E-state index contributed by atoms with van der Waals surface area (Å²) in [6.07, 6.45) is 6.31. The van der Waals surface area contributed by atoms with Crippen LogP contribution in [0.1, 0.15) is 45.4 Å². The first kappa shape index (κ1) is 16.8. The van der Waals surface area contributed by atoms with Gasteiger partial charge in [0, 0.05) is 23.9 Å². The summed E-state index contributed by atoms with van der Waals surface area (Å²) in [4.78, 5) is 26.5. The van der Waals surface area contributed by atoms with Crippen molar-refractivity contribution in [2.24, 2.45) is 0 Å². The van der Waals surface area contributed by atoms with E-state index < -0.39 is 0 Å². The molecule has 3 fully saturated rings. The number of carbonyl (C=O) groups excluding carboxylic acids is 2. The number of rotatable bonds is 4. The summed E-state index contributed by atoms with van der Waals surface area (Å²) in [5.41, 5.74) is 0.728. The number of hydrogen-bond donors (Lipinski definition) is 1. The van der Waals surface area contributed by atoms with E-state index in [9.17, 15) is 9.59 Å². The molecule has 2 saturated heterocycles. The molecule has 0 radical (unpaired) electrons. The van der Waals surface area contributed by atoms with Crippen LogP contribution < -0.4 is 10.1 Å². The van der Waals surface area contributed by atoms with Crippen LogP contribution in [0.3, 0.4) is 0 Å². The average molecular weight is 360 g/mol. The molecule has 1 aliphatic carbocycles. The van der Waals surface area contributed by atoms with Gasteiger partial charge in [-0.05, 0) is 51.2 Å². The summed E-state index contributed by atoms with van der Waals surface area (Å²) in [5, 5.41) is 2.97. The molecule has 1 saturated carbocycles. The van der Waals surface area contributed by atoms with E-state index in [1.807, 2.05) is 24.3 Å². The second-order valence-electron chi connectivity index (χ2n) is 7.31. The summed E-state index contributed by atoms with van der Waals surface area (Å²) in [5.74, 6) is 1.44. The Balaban J connectivity index is 1.43. The fraction of sp³-hybridized carbons (Fsp3) is 0.579. The van der Waals surface area contributed by atoms with Crippen molar-refractivity contribution in [3.05, 3.63) is 24.3 Å². The molecule has 0 bridgehead atoms. The first-order valence-corrected chi connectivity index (χ1v) is 10.1. The molecule has 4 rings (SSSR count). The number of nitrogens with one attached hydrogen (secondary N) is 1. The zero-order valence-corrected chi connectivity index (χ0v) is 15.3. The lowest BCUT2D eigenvalue weighted by Crippen LogP contribution is -2.48. The maximum atomic E-state index is 12.7. The summed E-state index contributed by atoms with van der Waals surface area (Å²) in [6, 6.07) is 7.19. The van der Waals surface area contributed by atoms with Crippen molar-refractivity contribution in [2.75, 3.05) is 11.1 Å². The molecule has 134 valence electrons. The zero-order chi connectivity index (χ0) is 17.4. The molecular weight excluding hydrogens is 336 g/mol. The van der Waals surface area contributed by atoms with Crippen molar-refractivity contribution in [2.45, 2.75) is 62.5 Å². The number of carbonyl (C=O) groups is 2. The normalized spacial score (nSPS) is 29.1. The van der Waals surface area contributed by atoms with Gasteiger partial charge in [-0.1, -0.05) is 6.07 Å². The predicted octanol–water partition coefficient (Wildman–Crippen LogP) is 3.40. The standard InChI is InChI=1S/C19H24N2O3S/c1-19-10-9-17(22)21(19)16(12-25-19)18(23)20-13-5-4-8-15(11-13)24-14-6-2-3-7-14/h4-5,8,11,14,16H,2-3,6-7,9-10,12H2,1H3,(H,20,23)/t16-,19+/m0/s1. The largest absolute Gasteiger partial charge is 0.490 e. The molecule has 2 atom stereocenters. The molecule has 0 unspecified atom stereocenters. The van der Waals surface area contributed by atoms with Crippen LogP contribution in [0, 0.1) is 0 Å². The SMILES string of the molecule is C[C@@]12CCC(=O)N1[C@H](C(=O)Nc1cccc(OC3CCCC3)c1)CS2. The van der Waals surface area contributed by atoms with Gasteiger partial charge in [0.15, 0.2) is 0 Å². The highest BCUT2D eigenvalue weighted by molar-refractivity contribution is 8.01. The zero-order valence-electron chi connectivity index (χ0n) is 14.5. The molecule has 2 aliphatic heterocycles. The van der Waals surface area contributed by atoms with E-state index in [2.05, 4.69) is 12.2 Å². The monoisotopic (exact) mass is 360 g/mol. The van der Waals surface area contributed by atoms with Crippen LogP contribution >= 0.6 is 11.8 Å². The smallest absolute Gasteiger partial charge is 0.248 e. The fourth-order valence-corrected chi connectivity index (χ4v) is 5.52. The molecule has 1 aromatic rings. The quantitative estimate of drug-likeness (QED) is 0.894. The van der Waals surface area contributed by atoms with Crippen molar-refractivity contribution in [1.82, 2.24) is 4.90 Å². The van der Waals surface area contributed by atoms with Crippen LogP contribution in [0.15, 0.2) is 24.3 Å². The molecular formula is C19H24N2O3S. The average Bonchev–Trinajstić information content (AvgIpc) is 3.27. The van der Waals surface area contributed by atoms with Gasteiger partial charge in [-0.15, -0.1) is 11.8 Å². The second-order valence-corrected chi connectivity index (χ2v) is 8.81. The van der Waals surface area contributed by atoms with Gasteiger partial charge >= 0.3 is 0 Å². The molecule has 1 aromatic carbocycles. The van der Waals surface area contributed by atoms with Crippen LogP contribution in [-0.2, 0) is 9.59 Å². The Bertz CT molecular complexity index is 689. The van der Waals surface area contributed by atoms with Gasteiger partial charge in [0.2, 0.25) is 11.8 Å². The maximum Gasteiger partial charge on any atom is 0.248 e. The van der Waals surface area contributed by atoms with Crippen LogP contribution in [-0.4, -0.2) is 39.5 Å². The second kappa shape index (κ2) is 6.56. The minimum atomic E-state index is -0.385. The minimum absolute atomic E-state index is 0.0889. The van der Waals surface area contributed by atoms with Crippen molar-refractivity contribution >= 4 is 29.3 Å². The molecule has 25 heavy (non-hydrogen) atoms. The first-order chi connectivity index (χ1) is 12.0. The number of fused-ring (bicyclic) bond motifs is 1. The summed E-state index contributed by atoms with van der Waals surface area (Å²) < 4.78 is 6.01. The lowest BCUT2D eigenvalue weighted by atomic mass is 10.2. The van der Waals surface area contributed by atoms with Crippen LogP contribution in [0.5, 0.6) is 5.75 Å². The number of nitrogens with zero attached hydrogens (tertiary/aromatic N) is 1. The van der Waals surface area contributed by atoms with Gasteiger partial charge in [-0.3, -0.25) is 9.59 Å².